The van der Waals surface area contributed by atoms with Gasteiger partial charge >= 0.3 is 0 Å². The Morgan fingerprint density at radius 3 is 2.85 bits per heavy atom. The SMILES string of the molecule is NCCc1nc(N)c2c(n1)CCC2. The molecule has 0 radical (unpaired) electrons. The number of nitrogens with two attached hydrogens (primary N) is 2. The average Bonchev–Trinajstić information content (AvgIpc) is 2.53. The minimum absolute atomic E-state index is 0.582. The summed E-state index contributed by atoms with van der Waals surface area (Å²) in [4.78, 5) is 8.65. The van der Waals surface area contributed by atoms with Crippen molar-refractivity contribution in [2.45, 2.75) is 25.7 Å². The maximum absolute atomic E-state index is 5.81. The Hall–Kier alpha value is -1.16. The zero-order valence-corrected chi connectivity index (χ0v) is 7.58. The van der Waals surface area contributed by atoms with Crippen molar-refractivity contribution in [3.63, 3.8) is 0 Å². The molecule has 1 aliphatic rings. The molecule has 0 saturated heterocycles. The molecule has 0 spiro atoms. The number of nitrogens with zero attached hydrogens (tertiary/aromatic N) is 2. The van der Waals surface area contributed by atoms with Crippen LogP contribution in [0.5, 0.6) is 0 Å². The van der Waals surface area contributed by atoms with Gasteiger partial charge in [0.05, 0.1) is 0 Å². The van der Waals surface area contributed by atoms with Crippen molar-refractivity contribution < 1.29 is 0 Å². The smallest absolute Gasteiger partial charge is 0.132 e. The molecular weight excluding hydrogens is 164 g/mol. The number of rotatable bonds is 2. The number of nitrogen functional groups attached to an aromatic ring is 1. The maximum Gasteiger partial charge on any atom is 0.132 e. The van der Waals surface area contributed by atoms with Gasteiger partial charge in [0.25, 0.3) is 0 Å². The van der Waals surface area contributed by atoms with Gasteiger partial charge < -0.3 is 11.5 Å². The van der Waals surface area contributed by atoms with Crippen LogP contribution < -0.4 is 11.5 Å². The van der Waals surface area contributed by atoms with Crippen LogP contribution >= 0.6 is 0 Å². The normalized spacial score (nSPS) is 14.5. The number of anilines is 1. The maximum atomic E-state index is 5.81. The van der Waals surface area contributed by atoms with Gasteiger partial charge in [-0.05, 0) is 25.8 Å². The highest BCUT2D eigenvalue weighted by molar-refractivity contribution is 5.44. The third kappa shape index (κ3) is 1.49. The highest BCUT2D eigenvalue weighted by Gasteiger charge is 2.16. The average molecular weight is 178 g/mol. The van der Waals surface area contributed by atoms with Gasteiger partial charge in [-0.25, -0.2) is 9.97 Å². The van der Waals surface area contributed by atoms with Crippen molar-refractivity contribution in [1.29, 1.82) is 0 Å². The largest absolute Gasteiger partial charge is 0.383 e. The molecule has 1 aliphatic carbocycles. The van der Waals surface area contributed by atoms with Crippen LogP contribution in [-0.2, 0) is 19.3 Å². The monoisotopic (exact) mass is 178 g/mol. The Bertz CT molecular complexity index is 322. The number of hydrogen-bond donors (Lipinski definition) is 2. The van der Waals surface area contributed by atoms with Crippen molar-refractivity contribution in [3.05, 3.63) is 17.1 Å². The molecule has 1 aromatic heterocycles. The molecule has 0 saturated carbocycles. The lowest BCUT2D eigenvalue weighted by molar-refractivity contribution is 0.843. The quantitative estimate of drug-likeness (QED) is 0.670. The van der Waals surface area contributed by atoms with E-state index in [0.29, 0.717) is 12.4 Å². The molecular formula is C9H14N4. The summed E-state index contributed by atoms with van der Waals surface area (Å²) in [6.07, 6.45) is 3.95. The molecule has 0 atom stereocenters. The van der Waals surface area contributed by atoms with E-state index in [1.165, 1.54) is 0 Å². The molecule has 4 nitrogen and oxygen atoms in total. The molecule has 0 aliphatic heterocycles. The summed E-state index contributed by atoms with van der Waals surface area (Å²) in [7, 11) is 0. The number of hydrogen-bond acceptors (Lipinski definition) is 4. The summed E-state index contributed by atoms with van der Waals surface area (Å²) < 4.78 is 0. The second-order valence-corrected chi connectivity index (χ2v) is 3.34. The zero-order valence-electron chi connectivity index (χ0n) is 7.58. The van der Waals surface area contributed by atoms with Crippen molar-refractivity contribution in [3.8, 4) is 0 Å². The standard InChI is InChI=1S/C9H14N4/c10-5-4-8-12-7-3-1-2-6(7)9(11)13-8/h1-5,10H2,(H2,11,12,13). The van der Waals surface area contributed by atoms with Gasteiger partial charge in [-0.1, -0.05) is 0 Å². The van der Waals surface area contributed by atoms with E-state index in [9.17, 15) is 0 Å². The Morgan fingerprint density at radius 2 is 2.08 bits per heavy atom. The van der Waals surface area contributed by atoms with Gasteiger partial charge in [0.2, 0.25) is 0 Å². The van der Waals surface area contributed by atoms with E-state index in [1.807, 2.05) is 0 Å². The first-order valence-corrected chi connectivity index (χ1v) is 4.65. The number of aryl methyl sites for hydroxylation is 1. The summed E-state index contributed by atoms with van der Waals surface area (Å²) in [6.45, 7) is 0.582. The fourth-order valence-electron chi connectivity index (χ4n) is 1.76. The van der Waals surface area contributed by atoms with Crippen LogP contribution in [0.25, 0.3) is 0 Å². The van der Waals surface area contributed by atoms with Crippen LogP contribution in [0.1, 0.15) is 23.5 Å². The minimum Gasteiger partial charge on any atom is -0.383 e. The van der Waals surface area contributed by atoms with E-state index in [2.05, 4.69) is 9.97 Å². The Labute approximate surface area is 77.4 Å². The van der Waals surface area contributed by atoms with Crippen LogP contribution in [0.4, 0.5) is 5.82 Å². The predicted octanol–water partition coefficient (Wildman–Crippen LogP) is 0.0487. The molecule has 0 fully saturated rings. The molecule has 70 valence electrons. The van der Waals surface area contributed by atoms with Gasteiger partial charge in [0.1, 0.15) is 11.6 Å². The summed E-state index contributed by atoms with van der Waals surface area (Å²) in [5, 5.41) is 0. The van der Waals surface area contributed by atoms with E-state index < -0.39 is 0 Å². The molecule has 4 N–H and O–H groups in total. The van der Waals surface area contributed by atoms with E-state index in [1.54, 1.807) is 0 Å². The number of aromatic nitrogens is 2. The minimum atomic E-state index is 0.582. The van der Waals surface area contributed by atoms with Gasteiger partial charge in [-0.2, -0.15) is 0 Å². The molecule has 4 heteroatoms. The molecule has 0 unspecified atom stereocenters. The van der Waals surface area contributed by atoms with Crippen molar-refractivity contribution in [2.24, 2.45) is 5.73 Å². The first-order valence-electron chi connectivity index (χ1n) is 4.65. The van der Waals surface area contributed by atoms with Gasteiger partial charge in [-0.15, -0.1) is 0 Å². The van der Waals surface area contributed by atoms with E-state index in [-0.39, 0.29) is 0 Å². The fraction of sp³-hybridized carbons (Fsp3) is 0.556. The van der Waals surface area contributed by atoms with E-state index in [0.717, 1.165) is 42.8 Å². The molecule has 1 aromatic rings. The third-order valence-electron chi connectivity index (χ3n) is 2.38. The van der Waals surface area contributed by atoms with Gasteiger partial charge in [0, 0.05) is 17.7 Å². The lowest BCUT2D eigenvalue weighted by Gasteiger charge is -2.04. The molecule has 2 rings (SSSR count). The molecule has 13 heavy (non-hydrogen) atoms. The Kier molecular flexibility index (Phi) is 2.14. The van der Waals surface area contributed by atoms with Crippen molar-refractivity contribution >= 4 is 5.82 Å². The van der Waals surface area contributed by atoms with Crippen LogP contribution in [0, 0.1) is 0 Å². The van der Waals surface area contributed by atoms with Crippen molar-refractivity contribution in [2.75, 3.05) is 12.3 Å². The Balaban J connectivity index is 2.37. The van der Waals surface area contributed by atoms with Crippen LogP contribution in [0.15, 0.2) is 0 Å². The summed E-state index contributed by atoms with van der Waals surface area (Å²) >= 11 is 0. The molecule has 0 bridgehead atoms. The first kappa shape index (κ1) is 8.44. The second kappa shape index (κ2) is 3.30. The molecule has 1 heterocycles. The number of fused-ring (bicyclic) bond motifs is 1. The first-order chi connectivity index (χ1) is 6.31. The van der Waals surface area contributed by atoms with Crippen LogP contribution in [0.3, 0.4) is 0 Å². The van der Waals surface area contributed by atoms with Crippen molar-refractivity contribution in [1.82, 2.24) is 9.97 Å². The lowest BCUT2D eigenvalue weighted by atomic mass is 10.2. The predicted molar refractivity (Wildman–Crippen MR) is 51.2 cm³/mol. The summed E-state index contributed by atoms with van der Waals surface area (Å²) in [5.74, 6) is 1.45. The van der Waals surface area contributed by atoms with Crippen LogP contribution in [-0.4, -0.2) is 16.5 Å². The highest BCUT2D eigenvalue weighted by atomic mass is 15.0. The second-order valence-electron chi connectivity index (χ2n) is 3.34. The third-order valence-corrected chi connectivity index (χ3v) is 2.38. The fourth-order valence-corrected chi connectivity index (χ4v) is 1.76. The summed E-state index contributed by atoms with van der Waals surface area (Å²) in [5.41, 5.74) is 13.5. The van der Waals surface area contributed by atoms with Crippen LogP contribution in [0.2, 0.25) is 0 Å². The lowest BCUT2D eigenvalue weighted by Crippen LogP contribution is -2.10. The van der Waals surface area contributed by atoms with E-state index >= 15 is 0 Å². The van der Waals surface area contributed by atoms with Gasteiger partial charge in [-0.3, -0.25) is 0 Å². The topological polar surface area (TPSA) is 77.8 Å². The highest BCUT2D eigenvalue weighted by Crippen LogP contribution is 2.23. The molecule has 0 aromatic carbocycles. The van der Waals surface area contributed by atoms with E-state index in [4.69, 9.17) is 11.5 Å². The summed E-state index contributed by atoms with van der Waals surface area (Å²) in [6, 6.07) is 0. The zero-order chi connectivity index (χ0) is 9.26. The molecule has 0 amide bonds. The Morgan fingerprint density at radius 1 is 1.23 bits per heavy atom. The van der Waals surface area contributed by atoms with Gasteiger partial charge in [0.15, 0.2) is 0 Å².